The minimum absolute atomic E-state index is 0.0103. The van der Waals surface area contributed by atoms with Gasteiger partial charge in [0.1, 0.15) is 0 Å². The van der Waals surface area contributed by atoms with Crippen LogP contribution in [0.1, 0.15) is 5.56 Å². The first-order valence-corrected chi connectivity index (χ1v) is 5.22. The Morgan fingerprint density at radius 1 is 1.56 bits per heavy atom. The molecule has 3 N–H and O–H groups in total. The highest BCUT2D eigenvalue weighted by Crippen LogP contribution is 2.22. The summed E-state index contributed by atoms with van der Waals surface area (Å²) in [5.74, 6) is -0.502. The molecule has 0 bridgehead atoms. The van der Waals surface area contributed by atoms with Gasteiger partial charge in [0.15, 0.2) is 0 Å². The molecule has 0 heterocycles. The van der Waals surface area contributed by atoms with Crippen molar-refractivity contribution in [2.45, 2.75) is 6.54 Å². The summed E-state index contributed by atoms with van der Waals surface area (Å²) in [5, 5.41) is 13.4. The molecular formula is C9H10BrN3O3. The molecule has 0 aliphatic heterocycles. The Bertz CT molecular complexity index is 422. The van der Waals surface area contributed by atoms with E-state index >= 15 is 0 Å². The van der Waals surface area contributed by atoms with Gasteiger partial charge in [-0.1, -0.05) is 15.9 Å². The second kappa shape index (κ2) is 5.57. The number of nitrogens with zero attached hydrogens (tertiary/aromatic N) is 1. The standard InChI is InChI=1S/C9H10BrN3O3/c10-7-1-2-8(13(15)16)6(3-7)4-12-5-9(11)14/h1-3,12H,4-5H2,(H2,11,14). The van der Waals surface area contributed by atoms with Gasteiger partial charge in [0.05, 0.1) is 11.5 Å². The Labute approximate surface area is 100 Å². The summed E-state index contributed by atoms with van der Waals surface area (Å²) in [4.78, 5) is 20.7. The number of halogens is 1. The van der Waals surface area contributed by atoms with Gasteiger partial charge in [-0.25, -0.2) is 0 Å². The molecule has 0 aromatic heterocycles. The van der Waals surface area contributed by atoms with Crippen LogP contribution in [-0.4, -0.2) is 17.4 Å². The largest absolute Gasteiger partial charge is 0.369 e. The van der Waals surface area contributed by atoms with Crippen LogP contribution in [0.2, 0.25) is 0 Å². The van der Waals surface area contributed by atoms with Crippen molar-refractivity contribution in [2.24, 2.45) is 5.73 Å². The smallest absolute Gasteiger partial charge is 0.273 e. The number of hydrogen-bond donors (Lipinski definition) is 2. The number of benzene rings is 1. The Kier molecular flexibility index (Phi) is 4.39. The van der Waals surface area contributed by atoms with Crippen LogP contribution >= 0.6 is 15.9 Å². The summed E-state index contributed by atoms with van der Waals surface area (Å²) in [6.45, 7) is 0.211. The molecule has 86 valence electrons. The van der Waals surface area contributed by atoms with Crippen LogP contribution in [0.15, 0.2) is 22.7 Å². The molecular weight excluding hydrogens is 278 g/mol. The van der Waals surface area contributed by atoms with E-state index in [1.165, 1.54) is 6.07 Å². The average molecular weight is 288 g/mol. The van der Waals surface area contributed by atoms with E-state index in [1.807, 2.05) is 0 Å². The minimum Gasteiger partial charge on any atom is -0.369 e. The zero-order chi connectivity index (χ0) is 12.1. The molecule has 0 saturated carbocycles. The molecule has 0 fully saturated rings. The predicted molar refractivity (Wildman–Crippen MR) is 61.7 cm³/mol. The van der Waals surface area contributed by atoms with Crippen molar-refractivity contribution in [1.29, 1.82) is 0 Å². The summed E-state index contributed by atoms with van der Waals surface area (Å²) in [6, 6.07) is 4.63. The molecule has 0 aliphatic carbocycles. The third-order valence-corrected chi connectivity index (χ3v) is 2.35. The third-order valence-electron chi connectivity index (χ3n) is 1.85. The molecule has 1 amide bonds. The summed E-state index contributed by atoms with van der Waals surface area (Å²) < 4.78 is 0.744. The fraction of sp³-hybridized carbons (Fsp3) is 0.222. The molecule has 0 aliphatic rings. The van der Waals surface area contributed by atoms with Crippen LogP contribution in [0.5, 0.6) is 0 Å². The first-order valence-electron chi connectivity index (χ1n) is 4.42. The number of carbonyl (C=O) groups is 1. The van der Waals surface area contributed by atoms with Crippen molar-refractivity contribution in [3.8, 4) is 0 Å². The molecule has 0 spiro atoms. The van der Waals surface area contributed by atoms with Crippen molar-refractivity contribution in [3.63, 3.8) is 0 Å². The second-order valence-electron chi connectivity index (χ2n) is 3.10. The molecule has 0 atom stereocenters. The van der Waals surface area contributed by atoms with Gasteiger partial charge >= 0.3 is 0 Å². The molecule has 0 saturated heterocycles. The van der Waals surface area contributed by atoms with E-state index in [0.29, 0.717) is 5.56 Å². The van der Waals surface area contributed by atoms with Crippen molar-refractivity contribution < 1.29 is 9.72 Å². The fourth-order valence-electron chi connectivity index (χ4n) is 1.19. The number of amides is 1. The highest BCUT2D eigenvalue weighted by Gasteiger charge is 2.13. The topological polar surface area (TPSA) is 98.3 Å². The Balaban J connectivity index is 2.80. The van der Waals surface area contributed by atoms with Gasteiger partial charge < -0.3 is 11.1 Å². The maximum atomic E-state index is 10.7. The first kappa shape index (κ1) is 12.6. The van der Waals surface area contributed by atoms with Crippen LogP contribution in [0, 0.1) is 10.1 Å². The maximum Gasteiger partial charge on any atom is 0.273 e. The fourth-order valence-corrected chi connectivity index (χ4v) is 1.60. The van der Waals surface area contributed by atoms with E-state index < -0.39 is 10.8 Å². The quantitative estimate of drug-likeness (QED) is 0.622. The lowest BCUT2D eigenvalue weighted by atomic mass is 10.2. The summed E-state index contributed by atoms with van der Waals surface area (Å²) >= 11 is 3.22. The highest BCUT2D eigenvalue weighted by atomic mass is 79.9. The SMILES string of the molecule is NC(=O)CNCc1cc(Br)ccc1[N+](=O)[O-]. The van der Waals surface area contributed by atoms with Gasteiger partial charge in [-0.15, -0.1) is 0 Å². The van der Waals surface area contributed by atoms with Crippen molar-refractivity contribution in [2.75, 3.05) is 6.54 Å². The van der Waals surface area contributed by atoms with Crippen LogP contribution in [0.25, 0.3) is 0 Å². The van der Waals surface area contributed by atoms with Crippen LogP contribution in [0.3, 0.4) is 0 Å². The van der Waals surface area contributed by atoms with Gasteiger partial charge in [-0.05, 0) is 12.1 Å². The zero-order valence-electron chi connectivity index (χ0n) is 8.27. The Morgan fingerprint density at radius 3 is 2.81 bits per heavy atom. The summed E-state index contributed by atoms with van der Waals surface area (Å²) in [7, 11) is 0. The maximum absolute atomic E-state index is 10.7. The van der Waals surface area contributed by atoms with Gasteiger partial charge in [0.2, 0.25) is 5.91 Å². The molecule has 1 rings (SSSR count). The molecule has 6 nitrogen and oxygen atoms in total. The number of nitro groups is 1. The van der Waals surface area contributed by atoms with E-state index in [2.05, 4.69) is 21.2 Å². The lowest BCUT2D eigenvalue weighted by molar-refractivity contribution is -0.385. The minimum atomic E-state index is -0.502. The molecule has 16 heavy (non-hydrogen) atoms. The summed E-state index contributed by atoms with van der Waals surface area (Å²) in [5.41, 5.74) is 5.45. The number of rotatable bonds is 5. The highest BCUT2D eigenvalue weighted by molar-refractivity contribution is 9.10. The number of primary amides is 1. The number of nitrogens with two attached hydrogens (primary N) is 1. The first-order chi connectivity index (χ1) is 7.50. The predicted octanol–water partition coefficient (Wildman–Crippen LogP) is 0.932. The van der Waals surface area contributed by atoms with Crippen molar-refractivity contribution >= 4 is 27.5 Å². The zero-order valence-corrected chi connectivity index (χ0v) is 9.86. The van der Waals surface area contributed by atoms with E-state index in [9.17, 15) is 14.9 Å². The van der Waals surface area contributed by atoms with Gasteiger partial charge in [-0.2, -0.15) is 0 Å². The second-order valence-corrected chi connectivity index (χ2v) is 4.02. The van der Waals surface area contributed by atoms with Crippen LogP contribution in [0.4, 0.5) is 5.69 Å². The van der Waals surface area contributed by atoms with Gasteiger partial charge in [0, 0.05) is 22.6 Å². The lowest BCUT2D eigenvalue weighted by Crippen LogP contribution is -2.28. The van der Waals surface area contributed by atoms with Gasteiger partial charge in [-0.3, -0.25) is 14.9 Å². The van der Waals surface area contributed by atoms with Crippen molar-refractivity contribution in [3.05, 3.63) is 38.3 Å². The van der Waals surface area contributed by atoms with E-state index in [4.69, 9.17) is 5.73 Å². The molecule has 0 unspecified atom stereocenters. The lowest BCUT2D eigenvalue weighted by Gasteiger charge is -2.04. The number of nitro benzene ring substituents is 1. The summed E-state index contributed by atoms with van der Waals surface area (Å²) in [6.07, 6.45) is 0. The molecule has 0 radical (unpaired) electrons. The molecule has 7 heteroatoms. The van der Waals surface area contributed by atoms with Crippen molar-refractivity contribution in [1.82, 2.24) is 5.32 Å². The van der Waals surface area contributed by atoms with Crippen LogP contribution < -0.4 is 11.1 Å². The Hall–Kier alpha value is -1.47. The average Bonchev–Trinajstić information content (AvgIpc) is 2.16. The normalized spacial score (nSPS) is 10.1. The van der Waals surface area contributed by atoms with E-state index in [1.54, 1.807) is 12.1 Å². The number of carbonyl (C=O) groups excluding carboxylic acids is 1. The monoisotopic (exact) mass is 287 g/mol. The number of hydrogen-bond acceptors (Lipinski definition) is 4. The molecule has 1 aromatic carbocycles. The van der Waals surface area contributed by atoms with Gasteiger partial charge in [0.25, 0.3) is 5.69 Å². The number of nitrogens with one attached hydrogen (secondary N) is 1. The Morgan fingerprint density at radius 2 is 2.25 bits per heavy atom. The third kappa shape index (κ3) is 3.59. The van der Waals surface area contributed by atoms with E-state index in [-0.39, 0.29) is 18.8 Å². The molecule has 1 aromatic rings. The van der Waals surface area contributed by atoms with Crippen LogP contribution in [-0.2, 0) is 11.3 Å². The van der Waals surface area contributed by atoms with E-state index in [0.717, 1.165) is 4.47 Å².